The molecule has 0 spiro atoms. The van der Waals surface area contributed by atoms with Crippen molar-refractivity contribution in [2.75, 3.05) is 26.0 Å². The summed E-state index contributed by atoms with van der Waals surface area (Å²) in [5.74, 6) is 0.923. The van der Waals surface area contributed by atoms with Gasteiger partial charge in [-0.25, -0.2) is 4.79 Å². The van der Waals surface area contributed by atoms with Crippen LogP contribution in [0.3, 0.4) is 0 Å². The van der Waals surface area contributed by atoms with E-state index in [1.165, 1.54) is 17.7 Å². The van der Waals surface area contributed by atoms with Crippen LogP contribution < -0.4 is 10.1 Å². The molecule has 0 heterocycles. The highest BCUT2D eigenvalue weighted by Crippen LogP contribution is 2.24. The van der Waals surface area contributed by atoms with E-state index in [2.05, 4.69) is 19.2 Å². The van der Waals surface area contributed by atoms with Gasteiger partial charge in [-0.05, 0) is 36.6 Å². The van der Waals surface area contributed by atoms with Crippen LogP contribution in [-0.4, -0.2) is 31.6 Å². The molecule has 0 aliphatic carbocycles. The average molecular weight is 278 g/mol. The summed E-state index contributed by atoms with van der Waals surface area (Å²) >= 11 is 0. The molecular weight excluding hydrogens is 252 g/mol. The van der Waals surface area contributed by atoms with Gasteiger partial charge in [0.05, 0.1) is 6.61 Å². The monoisotopic (exact) mass is 278 g/mol. The average Bonchev–Trinajstić information content (AvgIpc) is 2.44. The number of nitrogens with one attached hydrogen (secondary N) is 1. The molecule has 4 heteroatoms. The van der Waals surface area contributed by atoms with Gasteiger partial charge in [0, 0.05) is 19.8 Å². The first-order chi connectivity index (χ1) is 9.58. The maximum absolute atomic E-state index is 11.6. The number of aryl methyl sites for hydroxylation is 1. The van der Waals surface area contributed by atoms with Crippen LogP contribution in [0.25, 0.3) is 0 Å². The molecule has 0 saturated carbocycles. The highest BCUT2D eigenvalue weighted by Gasteiger charge is 2.07. The van der Waals surface area contributed by atoms with Crippen molar-refractivity contribution in [2.24, 2.45) is 0 Å². The van der Waals surface area contributed by atoms with Crippen molar-refractivity contribution >= 4 is 11.7 Å². The summed E-state index contributed by atoms with van der Waals surface area (Å²) in [7, 11) is 3.45. The summed E-state index contributed by atoms with van der Waals surface area (Å²) in [5, 5.41) is 2.85. The van der Waals surface area contributed by atoms with Crippen LogP contribution in [0.5, 0.6) is 5.75 Å². The summed E-state index contributed by atoms with van der Waals surface area (Å²) < 4.78 is 5.81. The Hall–Kier alpha value is -1.71. The fraction of sp³-hybridized carbons (Fsp3) is 0.562. The minimum atomic E-state index is -0.122. The zero-order valence-electron chi connectivity index (χ0n) is 13.0. The molecule has 112 valence electrons. The van der Waals surface area contributed by atoms with Gasteiger partial charge in [0.1, 0.15) is 5.75 Å². The molecule has 0 aromatic heterocycles. The van der Waals surface area contributed by atoms with E-state index in [0.29, 0.717) is 0 Å². The number of anilines is 1. The van der Waals surface area contributed by atoms with Crippen LogP contribution in [0.15, 0.2) is 18.2 Å². The van der Waals surface area contributed by atoms with Crippen LogP contribution in [-0.2, 0) is 6.42 Å². The highest BCUT2D eigenvalue weighted by atomic mass is 16.5. The molecule has 4 nitrogen and oxygen atoms in total. The summed E-state index contributed by atoms with van der Waals surface area (Å²) in [6, 6.07) is 5.69. The lowest BCUT2D eigenvalue weighted by Gasteiger charge is -2.15. The van der Waals surface area contributed by atoms with Crippen LogP contribution in [0, 0.1) is 0 Å². The standard InChI is InChI=1S/C16H26N2O2/c1-5-7-8-11-20-15-10-9-14(12-13(15)6-2)17-16(19)18(3)4/h9-10,12H,5-8,11H2,1-4H3,(H,17,19). The fourth-order valence-electron chi connectivity index (χ4n) is 1.84. The molecule has 1 rings (SSSR count). The topological polar surface area (TPSA) is 41.6 Å². The molecule has 0 unspecified atom stereocenters. The lowest BCUT2D eigenvalue weighted by Crippen LogP contribution is -2.27. The number of carbonyl (C=O) groups is 1. The van der Waals surface area contributed by atoms with Crippen molar-refractivity contribution in [2.45, 2.75) is 39.5 Å². The minimum absolute atomic E-state index is 0.122. The van der Waals surface area contributed by atoms with Crippen molar-refractivity contribution in [3.8, 4) is 5.75 Å². The third kappa shape index (κ3) is 5.11. The van der Waals surface area contributed by atoms with Gasteiger partial charge in [-0.1, -0.05) is 26.7 Å². The Morgan fingerprint density at radius 2 is 2.00 bits per heavy atom. The zero-order valence-corrected chi connectivity index (χ0v) is 13.0. The molecule has 0 radical (unpaired) electrons. The molecule has 0 aliphatic rings. The SMILES string of the molecule is CCCCCOc1ccc(NC(=O)N(C)C)cc1CC. The Morgan fingerprint density at radius 1 is 1.25 bits per heavy atom. The number of hydrogen-bond donors (Lipinski definition) is 1. The molecule has 2 amide bonds. The van der Waals surface area contributed by atoms with Crippen molar-refractivity contribution in [1.29, 1.82) is 0 Å². The van der Waals surface area contributed by atoms with Gasteiger partial charge in [-0.3, -0.25) is 0 Å². The minimum Gasteiger partial charge on any atom is -0.493 e. The summed E-state index contributed by atoms with van der Waals surface area (Å²) in [5.41, 5.74) is 1.93. The molecule has 1 aromatic carbocycles. The molecule has 0 aliphatic heterocycles. The third-order valence-corrected chi connectivity index (χ3v) is 3.10. The van der Waals surface area contributed by atoms with E-state index in [-0.39, 0.29) is 6.03 Å². The second-order valence-corrected chi connectivity index (χ2v) is 5.06. The smallest absolute Gasteiger partial charge is 0.321 e. The number of amides is 2. The predicted octanol–water partition coefficient (Wildman–Crippen LogP) is 3.91. The molecule has 0 atom stereocenters. The van der Waals surface area contributed by atoms with Crippen molar-refractivity contribution in [3.63, 3.8) is 0 Å². The van der Waals surface area contributed by atoms with Gasteiger partial charge in [0.15, 0.2) is 0 Å². The zero-order chi connectivity index (χ0) is 15.0. The Kier molecular flexibility index (Phi) is 6.91. The normalized spacial score (nSPS) is 10.2. The van der Waals surface area contributed by atoms with Crippen LogP contribution >= 0.6 is 0 Å². The third-order valence-electron chi connectivity index (χ3n) is 3.10. The largest absolute Gasteiger partial charge is 0.493 e. The number of carbonyl (C=O) groups excluding carboxylic acids is 1. The number of rotatable bonds is 7. The Bertz CT molecular complexity index is 430. The van der Waals surface area contributed by atoms with Crippen molar-refractivity contribution in [3.05, 3.63) is 23.8 Å². The van der Waals surface area contributed by atoms with Gasteiger partial charge >= 0.3 is 6.03 Å². The Morgan fingerprint density at radius 3 is 2.60 bits per heavy atom. The first-order valence-electron chi connectivity index (χ1n) is 7.32. The lowest BCUT2D eigenvalue weighted by molar-refractivity contribution is 0.230. The first kappa shape index (κ1) is 16.3. The number of ether oxygens (including phenoxy) is 1. The number of benzene rings is 1. The number of unbranched alkanes of at least 4 members (excludes halogenated alkanes) is 2. The maximum Gasteiger partial charge on any atom is 0.321 e. The Labute approximate surface area is 122 Å². The number of urea groups is 1. The van der Waals surface area contributed by atoms with Gasteiger partial charge in [0.2, 0.25) is 0 Å². The molecule has 1 aromatic rings. The summed E-state index contributed by atoms with van der Waals surface area (Å²) in [6.07, 6.45) is 4.35. The maximum atomic E-state index is 11.6. The summed E-state index contributed by atoms with van der Waals surface area (Å²) in [4.78, 5) is 13.1. The Balaban J connectivity index is 2.67. The van der Waals surface area contributed by atoms with E-state index >= 15 is 0 Å². The van der Waals surface area contributed by atoms with E-state index < -0.39 is 0 Å². The first-order valence-corrected chi connectivity index (χ1v) is 7.32. The van der Waals surface area contributed by atoms with Crippen LogP contribution in [0.4, 0.5) is 10.5 Å². The quantitative estimate of drug-likeness (QED) is 0.768. The number of nitrogens with zero attached hydrogens (tertiary/aromatic N) is 1. The fourth-order valence-corrected chi connectivity index (χ4v) is 1.84. The lowest BCUT2D eigenvalue weighted by atomic mass is 10.1. The van der Waals surface area contributed by atoms with Gasteiger partial charge < -0.3 is 15.0 Å². The van der Waals surface area contributed by atoms with E-state index in [9.17, 15) is 4.79 Å². The molecule has 0 fully saturated rings. The van der Waals surface area contributed by atoms with Gasteiger partial charge in [0.25, 0.3) is 0 Å². The van der Waals surface area contributed by atoms with Gasteiger partial charge in [-0.15, -0.1) is 0 Å². The van der Waals surface area contributed by atoms with E-state index in [1.54, 1.807) is 14.1 Å². The molecular formula is C16H26N2O2. The number of hydrogen-bond acceptors (Lipinski definition) is 2. The molecule has 20 heavy (non-hydrogen) atoms. The van der Waals surface area contributed by atoms with E-state index in [4.69, 9.17) is 4.74 Å². The van der Waals surface area contributed by atoms with Crippen molar-refractivity contribution < 1.29 is 9.53 Å². The van der Waals surface area contributed by atoms with E-state index in [0.717, 1.165) is 36.4 Å². The second-order valence-electron chi connectivity index (χ2n) is 5.06. The predicted molar refractivity (Wildman–Crippen MR) is 83.5 cm³/mol. The van der Waals surface area contributed by atoms with Gasteiger partial charge in [-0.2, -0.15) is 0 Å². The second kappa shape index (κ2) is 8.46. The van der Waals surface area contributed by atoms with Crippen molar-refractivity contribution in [1.82, 2.24) is 4.90 Å². The summed E-state index contributed by atoms with van der Waals surface area (Å²) in [6.45, 7) is 5.02. The highest BCUT2D eigenvalue weighted by molar-refractivity contribution is 5.89. The van der Waals surface area contributed by atoms with Crippen LogP contribution in [0.2, 0.25) is 0 Å². The van der Waals surface area contributed by atoms with Crippen LogP contribution in [0.1, 0.15) is 38.7 Å². The molecule has 1 N–H and O–H groups in total. The van der Waals surface area contributed by atoms with E-state index in [1.807, 2.05) is 18.2 Å². The molecule has 0 bridgehead atoms. The molecule has 0 saturated heterocycles.